The number of amides is 1. The normalized spacial score (nSPS) is 22.8. The number of hydrogen-bond acceptors (Lipinski definition) is 5. The van der Waals surface area contributed by atoms with Gasteiger partial charge in [-0.3, -0.25) is 4.68 Å². The van der Waals surface area contributed by atoms with E-state index in [-0.39, 0.29) is 12.1 Å². The van der Waals surface area contributed by atoms with E-state index in [0.717, 1.165) is 5.59 Å². The lowest BCUT2D eigenvalue weighted by atomic mass is 9.84. The molecule has 0 atom stereocenters. The second kappa shape index (κ2) is 5.74. The SMILES string of the molecule is CC(C)(C)OC(=O)N1CC(n2nccc2B2OC(C)(C)C(C)(C)O2)C1. The van der Waals surface area contributed by atoms with E-state index in [2.05, 4.69) is 5.10 Å². The van der Waals surface area contributed by atoms with Crippen LogP contribution in [0.3, 0.4) is 0 Å². The summed E-state index contributed by atoms with van der Waals surface area (Å²) in [7, 11) is -0.455. The van der Waals surface area contributed by atoms with Crippen molar-refractivity contribution in [3.8, 4) is 0 Å². The summed E-state index contributed by atoms with van der Waals surface area (Å²) in [5, 5.41) is 4.42. The molecule has 2 aliphatic heterocycles. The highest BCUT2D eigenvalue weighted by molar-refractivity contribution is 6.61. The summed E-state index contributed by atoms with van der Waals surface area (Å²) in [5.74, 6) is 0. The molecular formula is C17H28BN3O4. The van der Waals surface area contributed by atoms with Gasteiger partial charge in [0, 0.05) is 19.3 Å². The summed E-state index contributed by atoms with van der Waals surface area (Å²) >= 11 is 0. The van der Waals surface area contributed by atoms with E-state index in [1.165, 1.54) is 0 Å². The quantitative estimate of drug-likeness (QED) is 0.764. The molecule has 0 saturated carbocycles. The van der Waals surface area contributed by atoms with E-state index < -0.39 is 23.9 Å². The van der Waals surface area contributed by atoms with Crippen LogP contribution in [0.15, 0.2) is 12.3 Å². The monoisotopic (exact) mass is 349 g/mol. The molecule has 0 N–H and O–H groups in total. The third-order valence-electron chi connectivity index (χ3n) is 5.06. The van der Waals surface area contributed by atoms with Crippen molar-refractivity contribution < 1.29 is 18.8 Å². The molecule has 138 valence electrons. The van der Waals surface area contributed by atoms with Gasteiger partial charge in [0.05, 0.1) is 22.8 Å². The van der Waals surface area contributed by atoms with Gasteiger partial charge in [-0.2, -0.15) is 5.10 Å². The summed E-state index contributed by atoms with van der Waals surface area (Å²) in [6, 6.07) is 2.02. The number of aromatic nitrogens is 2. The van der Waals surface area contributed by atoms with Crippen molar-refractivity contribution in [1.29, 1.82) is 0 Å². The minimum atomic E-state index is -0.484. The van der Waals surface area contributed by atoms with Crippen molar-refractivity contribution >= 4 is 18.8 Å². The van der Waals surface area contributed by atoms with Crippen molar-refractivity contribution in [2.45, 2.75) is 71.3 Å². The van der Waals surface area contributed by atoms with Gasteiger partial charge in [0.15, 0.2) is 0 Å². The predicted molar refractivity (Wildman–Crippen MR) is 94.8 cm³/mol. The highest BCUT2D eigenvalue weighted by atomic mass is 16.7. The van der Waals surface area contributed by atoms with Crippen LogP contribution in [0.5, 0.6) is 0 Å². The second-order valence-corrected chi connectivity index (χ2v) is 8.83. The maximum Gasteiger partial charge on any atom is 0.514 e. The fraction of sp³-hybridized carbons (Fsp3) is 0.765. The predicted octanol–water partition coefficient (Wildman–Crippen LogP) is 1.97. The Kier molecular flexibility index (Phi) is 4.19. The molecule has 1 amide bonds. The number of ether oxygens (including phenoxy) is 1. The highest BCUT2D eigenvalue weighted by Gasteiger charge is 2.53. The number of carbonyl (C=O) groups is 1. The van der Waals surface area contributed by atoms with E-state index in [1.807, 2.05) is 59.2 Å². The van der Waals surface area contributed by atoms with Crippen LogP contribution in [-0.4, -0.2) is 57.8 Å². The zero-order chi connectivity index (χ0) is 18.6. The van der Waals surface area contributed by atoms with Gasteiger partial charge in [0.25, 0.3) is 0 Å². The van der Waals surface area contributed by atoms with Crippen LogP contribution < -0.4 is 5.59 Å². The summed E-state index contributed by atoms with van der Waals surface area (Å²) in [6.45, 7) is 14.9. The topological polar surface area (TPSA) is 65.8 Å². The fourth-order valence-corrected chi connectivity index (χ4v) is 2.87. The summed E-state index contributed by atoms with van der Waals surface area (Å²) in [5.41, 5.74) is -0.390. The van der Waals surface area contributed by atoms with Gasteiger partial charge in [-0.1, -0.05) is 0 Å². The molecule has 0 radical (unpaired) electrons. The summed E-state index contributed by atoms with van der Waals surface area (Å²) in [6.07, 6.45) is 1.46. The number of likely N-dealkylation sites (tertiary alicyclic amines) is 1. The van der Waals surface area contributed by atoms with Gasteiger partial charge < -0.3 is 18.9 Å². The third kappa shape index (κ3) is 3.42. The summed E-state index contributed by atoms with van der Waals surface area (Å²) in [4.78, 5) is 13.8. The average molecular weight is 349 g/mol. The minimum Gasteiger partial charge on any atom is -0.444 e. The molecule has 7 nitrogen and oxygen atoms in total. The van der Waals surface area contributed by atoms with E-state index in [4.69, 9.17) is 14.0 Å². The molecule has 0 aliphatic carbocycles. The van der Waals surface area contributed by atoms with E-state index in [0.29, 0.717) is 13.1 Å². The van der Waals surface area contributed by atoms with Crippen molar-refractivity contribution in [2.24, 2.45) is 0 Å². The smallest absolute Gasteiger partial charge is 0.444 e. The van der Waals surface area contributed by atoms with Crippen molar-refractivity contribution in [3.05, 3.63) is 12.3 Å². The number of nitrogens with zero attached hydrogens (tertiary/aromatic N) is 3. The molecule has 2 aliphatic rings. The van der Waals surface area contributed by atoms with Gasteiger partial charge >= 0.3 is 13.2 Å². The zero-order valence-corrected chi connectivity index (χ0v) is 16.2. The van der Waals surface area contributed by atoms with Crippen molar-refractivity contribution in [1.82, 2.24) is 14.7 Å². The number of carbonyl (C=O) groups excluding carboxylic acids is 1. The summed E-state index contributed by atoms with van der Waals surface area (Å²) < 4.78 is 19.5. The molecule has 3 heterocycles. The first-order chi connectivity index (χ1) is 11.4. The van der Waals surface area contributed by atoms with Gasteiger partial charge in [-0.05, 0) is 54.5 Å². The zero-order valence-electron chi connectivity index (χ0n) is 16.2. The van der Waals surface area contributed by atoms with Gasteiger partial charge in [-0.25, -0.2) is 4.79 Å². The first-order valence-electron chi connectivity index (χ1n) is 8.77. The largest absolute Gasteiger partial charge is 0.514 e. The van der Waals surface area contributed by atoms with Crippen LogP contribution in [0.4, 0.5) is 4.79 Å². The maximum atomic E-state index is 12.1. The molecule has 25 heavy (non-hydrogen) atoms. The van der Waals surface area contributed by atoms with E-state index in [9.17, 15) is 4.79 Å². The van der Waals surface area contributed by atoms with Crippen LogP contribution in [0, 0.1) is 0 Å². The molecule has 0 unspecified atom stereocenters. The van der Waals surface area contributed by atoms with Crippen molar-refractivity contribution in [2.75, 3.05) is 13.1 Å². The van der Waals surface area contributed by atoms with Crippen LogP contribution in [-0.2, 0) is 14.0 Å². The van der Waals surface area contributed by atoms with Crippen LogP contribution in [0.1, 0.15) is 54.5 Å². The highest BCUT2D eigenvalue weighted by Crippen LogP contribution is 2.36. The molecule has 1 aromatic heterocycles. The first-order valence-corrected chi connectivity index (χ1v) is 8.77. The first kappa shape index (κ1) is 18.3. The van der Waals surface area contributed by atoms with Crippen molar-refractivity contribution in [3.63, 3.8) is 0 Å². The molecule has 0 spiro atoms. The Morgan fingerprint density at radius 1 is 1.24 bits per heavy atom. The number of hydrogen-bond donors (Lipinski definition) is 0. The lowest BCUT2D eigenvalue weighted by molar-refractivity contribution is -0.0000747. The standard InChI is InChI=1S/C17H28BN3O4/c1-15(2,3)23-14(22)20-10-12(11-20)21-13(8-9-19-21)18-24-16(4,5)17(6,7)25-18/h8-9,12H,10-11H2,1-7H3. The molecule has 0 aromatic carbocycles. The van der Waals surface area contributed by atoms with E-state index >= 15 is 0 Å². The van der Waals surface area contributed by atoms with Crippen LogP contribution in [0.25, 0.3) is 0 Å². The second-order valence-electron chi connectivity index (χ2n) is 8.83. The Hall–Kier alpha value is -1.54. The number of rotatable bonds is 2. The van der Waals surface area contributed by atoms with Crippen LogP contribution in [0.2, 0.25) is 0 Å². The van der Waals surface area contributed by atoms with Crippen LogP contribution >= 0.6 is 0 Å². The average Bonchev–Trinajstić information content (AvgIpc) is 2.89. The Balaban J connectivity index is 1.66. The molecule has 1 aromatic rings. The molecule has 3 rings (SSSR count). The molecule has 8 heteroatoms. The third-order valence-corrected chi connectivity index (χ3v) is 5.06. The molecule has 0 bridgehead atoms. The Labute approximate surface area is 149 Å². The lowest BCUT2D eigenvalue weighted by Crippen LogP contribution is -2.55. The van der Waals surface area contributed by atoms with E-state index in [1.54, 1.807) is 11.1 Å². The van der Waals surface area contributed by atoms with Gasteiger partial charge in [0.2, 0.25) is 0 Å². The van der Waals surface area contributed by atoms with Gasteiger partial charge in [-0.15, -0.1) is 0 Å². The molecule has 2 saturated heterocycles. The Bertz CT molecular complexity index is 643. The minimum absolute atomic E-state index is 0.108. The molecular weight excluding hydrogens is 321 g/mol. The maximum absolute atomic E-state index is 12.1. The fourth-order valence-electron chi connectivity index (χ4n) is 2.87. The van der Waals surface area contributed by atoms with Gasteiger partial charge in [0.1, 0.15) is 5.60 Å². The lowest BCUT2D eigenvalue weighted by Gasteiger charge is -2.40. The molecule has 2 fully saturated rings. The Morgan fingerprint density at radius 2 is 1.80 bits per heavy atom. The Morgan fingerprint density at radius 3 is 2.32 bits per heavy atom.